The summed E-state index contributed by atoms with van der Waals surface area (Å²) in [5.41, 5.74) is 3.69. The predicted octanol–water partition coefficient (Wildman–Crippen LogP) is 2.22. The number of benzene rings is 1. The van der Waals surface area contributed by atoms with Crippen LogP contribution in [0.3, 0.4) is 0 Å². The van der Waals surface area contributed by atoms with Crippen LogP contribution in [0.1, 0.15) is 16.7 Å². The fourth-order valence-electron chi connectivity index (χ4n) is 1.50. The molecule has 0 spiro atoms. The number of nitrogens with zero attached hydrogens (tertiary/aromatic N) is 1. The second-order valence-corrected chi connectivity index (χ2v) is 3.73. The summed E-state index contributed by atoms with van der Waals surface area (Å²) in [7, 11) is 0. The summed E-state index contributed by atoms with van der Waals surface area (Å²) in [6.07, 6.45) is 3.94. The monoisotopic (exact) mass is 199 g/mol. The third kappa shape index (κ3) is 2.56. The number of aryl methyl sites for hydroxylation is 1. The van der Waals surface area contributed by atoms with E-state index in [1.54, 1.807) is 0 Å². The molecule has 0 saturated carbocycles. The normalized spacial score (nSPS) is 10.2. The van der Waals surface area contributed by atoms with Crippen molar-refractivity contribution in [2.45, 2.75) is 13.3 Å². The quantitative estimate of drug-likeness (QED) is 0.538. The first-order valence-corrected chi connectivity index (χ1v) is 4.97. The van der Waals surface area contributed by atoms with Gasteiger partial charge in [-0.15, -0.1) is 0 Å². The van der Waals surface area contributed by atoms with Gasteiger partial charge in [0.15, 0.2) is 12.4 Å². The zero-order valence-corrected chi connectivity index (χ0v) is 8.68. The molecule has 2 aromatic rings. The van der Waals surface area contributed by atoms with Gasteiger partial charge >= 0.3 is 0 Å². The maximum absolute atomic E-state index is 10.8. The van der Waals surface area contributed by atoms with Crippen LogP contribution in [0.4, 0.5) is 0 Å². The lowest BCUT2D eigenvalue weighted by atomic mass is 10.1. The Morgan fingerprint density at radius 3 is 2.07 bits per heavy atom. The van der Waals surface area contributed by atoms with Gasteiger partial charge in [0.2, 0.25) is 0 Å². The van der Waals surface area contributed by atoms with E-state index >= 15 is 0 Å². The molecule has 0 amide bonds. The lowest BCUT2D eigenvalue weighted by molar-refractivity contribution is -0.605. The average molecular weight is 199 g/mol. The minimum Gasteiger partial charge on any atom is -0.619 e. The molecular formula is C13H13NO. The molecular weight excluding hydrogens is 186 g/mol. The van der Waals surface area contributed by atoms with Crippen LogP contribution in [0.5, 0.6) is 0 Å². The topological polar surface area (TPSA) is 26.9 Å². The SMILES string of the molecule is Cc1ccc(Cc2cc[n+]([O-])cc2)cc1. The molecule has 1 aromatic heterocycles. The summed E-state index contributed by atoms with van der Waals surface area (Å²) < 4.78 is 0.804. The van der Waals surface area contributed by atoms with E-state index in [1.807, 2.05) is 12.1 Å². The fourth-order valence-corrected chi connectivity index (χ4v) is 1.50. The minimum atomic E-state index is 0.804. The van der Waals surface area contributed by atoms with Gasteiger partial charge in [-0.2, -0.15) is 4.73 Å². The van der Waals surface area contributed by atoms with E-state index in [1.165, 1.54) is 23.5 Å². The second kappa shape index (κ2) is 4.13. The molecule has 15 heavy (non-hydrogen) atoms. The first kappa shape index (κ1) is 9.71. The molecule has 0 aliphatic heterocycles. The van der Waals surface area contributed by atoms with Crippen molar-refractivity contribution in [2.24, 2.45) is 0 Å². The first-order valence-electron chi connectivity index (χ1n) is 4.97. The number of pyridine rings is 1. The summed E-state index contributed by atoms with van der Waals surface area (Å²) in [4.78, 5) is 0. The molecule has 1 heterocycles. The molecule has 0 unspecified atom stereocenters. The van der Waals surface area contributed by atoms with E-state index in [4.69, 9.17) is 0 Å². The van der Waals surface area contributed by atoms with E-state index in [9.17, 15) is 5.21 Å². The van der Waals surface area contributed by atoms with Crippen LogP contribution in [-0.2, 0) is 6.42 Å². The van der Waals surface area contributed by atoms with Gasteiger partial charge in [-0.3, -0.25) is 0 Å². The molecule has 0 fully saturated rings. The van der Waals surface area contributed by atoms with Crippen molar-refractivity contribution in [3.63, 3.8) is 0 Å². The van der Waals surface area contributed by atoms with Crippen molar-refractivity contribution in [1.82, 2.24) is 0 Å². The van der Waals surface area contributed by atoms with Crippen LogP contribution in [0, 0.1) is 12.1 Å². The highest BCUT2D eigenvalue weighted by atomic mass is 16.5. The molecule has 0 aliphatic rings. The minimum absolute atomic E-state index is 0.804. The van der Waals surface area contributed by atoms with Crippen molar-refractivity contribution >= 4 is 0 Å². The Morgan fingerprint density at radius 1 is 0.933 bits per heavy atom. The fraction of sp³-hybridized carbons (Fsp3) is 0.154. The summed E-state index contributed by atoms with van der Waals surface area (Å²) in [6.45, 7) is 2.08. The largest absolute Gasteiger partial charge is 0.619 e. The maximum atomic E-state index is 10.8. The van der Waals surface area contributed by atoms with Gasteiger partial charge in [-0.05, 0) is 24.5 Å². The van der Waals surface area contributed by atoms with Gasteiger partial charge in [0.1, 0.15) is 0 Å². The van der Waals surface area contributed by atoms with Crippen molar-refractivity contribution in [3.8, 4) is 0 Å². The second-order valence-electron chi connectivity index (χ2n) is 3.73. The zero-order valence-electron chi connectivity index (χ0n) is 8.68. The summed E-state index contributed by atoms with van der Waals surface area (Å²) in [5.74, 6) is 0. The molecule has 0 N–H and O–H groups in total. The third-order valence-corrected chi connectivity index (χ3v) is 2.40. The summed E-state index contributed by atoms with van der Waals surface area (Å²) in [5, 5.41) is 10.8. The Kier molecular flexibility index (Phi) is 2.68. The van der Waals surface area contributed by atoms with Crippen LogP contribution < -0.4 is 4.73 Å². The highest BCUT2D eigenvalue weighted by Crippen LogP contribution is 2.09. The molecule has 0 atom stereocenters. The average Bonchev–Trinajstić information content (AvgIpc) is 2.25. The number of hydrogen-bond acceptors (Lipinski definition) is 1. The zero-order chi connectivity index (χ0) is 10.7. The van der Waals surface area contributed by atoms with E-state index in [0.29, 0.717) is 0 Å². The molecule has 0 bridgehead atoms. The maximum Gasteiger partial charge on any atom is 0.180 e. The molecule has 0 saturated heterocycles. The van der Waals surface area contributed by atoms with Crippen LogP contribution >= 0.6 is 0 Å². The Labute approximate surface area is 89.4 Å². The Hall–Kier alpha value is -1.83. The predicted molar refractivity (Wildman–Crippen MR) is 59.4 cm³/mol. The summed E-state index contributed by atoms with van der Waals surface area (Å²) >= 11 is 0. The van der Waals surface area contributed by atoms with Gasteiger partial charge < -0.3 is 5.21 Å². The number of rotatable bonds is 2. The number of aromatic nitrogens is 1. The Morgan fingerprint density at radius 2 is 1.47 bits per heavy atom. The van der Waals surface area contributed by atoms with Crippen LogP contribution in [0.15, 0.2) is 48.8 Å². The van der Waals surface area contributed by atoms with Gasteiger partial charge in [0, 0.05) is 12.1 Å². The highest BCUT2D eigenvalue weighted by molar-refractivity contribution is 5.26. The number of hydrogen-bond donors (Lipinski definition) is 0. The standard InChI is InChI=1S/C13H13NO/c1-11-2-4-12(5-3-11)10-13-6-8-14(15)9-7-13/h2-9H,10H2,1H3. The molecule has 76 valence electrons. The summed E-state index contributed by atoms with van der Waals surface area (Å²) in [6, 6.07) is 12.2. The smallest absolute Gasteiger partial charge is 0.180 e. The first-order chi connectivity index (χ1) is 7.24. The third-order valence-electron chi connectivity index (χ3n) is 2.40. The Balaban J connectivity index is 2.15. The van der Waals surface area contributed by atoms with Crippen LogP contribution in [0.25, 0.3) is 0 Å². The lowest BCUT2D eigenvalue weighted by Gasteiger charge is -2.02. The Bertz CT molecular complexity index is 388. The van der Waals surface area contributed by atoms with Crippen molar-refractivity contribution in [1.29, 1.82) is 0 Å². The van der Waals surface area contributed by atoms with Crippen LogP contribution in [0.2, 0.25) is 0 Å². The van der Waals surface area contributed by atoms with Gasteiger partial charge in [-0.1, -0.05) is 29.8 Å². The van der Waals surface area contributed by atoms with E-state index < -0.39 is 0 Å². The molecule has 2 heteroatoms. The highest BCUT2D eigenvalue weighted by Gasteiger charge is 1.97. The molecule has 2 nitrogen and oxygen atoms in total. The van der Waals surface area contributed by atoms with E-state index in [-0.39, 0.29) is 0 Å². The molecule has 0 aliphatic carbocycles. The van der Waals surface area contributed by atoms with E-state index in [0.717, 1.165) is 16.7 Å². The van der Waals surface area contributed by atoms with Gasteiger partial charge in [0.25, 0.3) is 0 Å². The van der Waals surface area contributed by atoms with Crippen LogP contribution in [-0.4, -0.2) is 0 Å². The van der Waals surface area contributed by atoms with E-state index in [2.05, 4.69) is 31.2 Å². The van der Waals surface area contributed by atoms with Gasteiger partial charge in [-0.25, -0.2) is 0 Å². The lowest BCUT2D eigenvalue weighted by Crippen LogP contribution is -2.23. The molecule has 2 rings (SSSR count). The van der Waals surface area contributed by atoms with Crippen molar-refractivity contribution < 1.29 is 4.73 Å². The van der Waals surface area contributed by atoms with Crippen molar-refractivity contribution in [3.05, 3.63) is 70.7 Å². The molecule has 1 aromatic carbocycles. The van der Waals surface area contributed by atoms with Gasteiger partial charge in [0.05, 0.1) is 0 Å². The molecule has 0 radical (unpaired) electrons. The van der Waals surface area contributed by atoms with Crippen molar-refractivity contribution in [2.75, 3.05) is 0 Å².